The molecule has 24 heavy (non-hydrogen) atoms. The van der Waals surface area contributed by atoms with Gasteiger partial charge in [0.1, 0.15) is 5.75 Å². The molecular weight excluding hydrogens is 334 g/mol. The second-order valence-electron chi connectivity index (χ2n) is 5.88. The number of amides is 2. The zero-order valence-corrected chi connectivity index (χ0v) is 14.5. The highest BCUT2D eigenvalue weighted by Gasteiger charge is 2.44. The number of anilines is 1. The molecule has 3 rings (SSSR count). The Morgan fingerprint density at radius 2 is 2.17 bits per heavy atom. The fourth-order valence-electron chi connectivity index (χ4n) is 2.99. The van der Waals surface area contributed by atoms with Crippen molar-refractivity contribution in [1.82, 2.24) is 9.21 Å². The molecule has 0 saturated carbocycles. The molecule has 2 amide bonds. The van der Waals surface area contributed by atoms with Crippen molar-refractivity contribution >= 4 is 21.7 Å². The molecule has 1 aromatic rings. The molecule has 0 aliphatic carbocycles. The van der Waals surface area contributed by atoms with Crippen molar-refractivity contribution in [3.63, 3.8) is 0 Å². The Morgan fingerprint density at radius 3 is 2.92 bits per heavy atom. The van der Waals surface area contributed by atoms with Crippen molar-refractivity contribution in [3.8, 4) is 5.75 Å². The molecule has 132 valence electrons. The van der Waals surface area contributed by atoms with E-state index in [-0.39, 0.29) is 30.5 Å². The number of urea groups is 1. The molecule has 0 spiro atoms. The van der Waals surface area contributed by atoms with Crippen molar-refractivity contribution in [2.45, 2.75) is 12.1 Å². The van der Waals surface area contributed by atoms with Crippen LogP contribution in [0, 0.1) is 0 Å². The molecule has 0 radical (unpaired) electrons. The molecule has 1 aromatic carbocycles. The van der Waals surface area contributed by atoms with Gasteiger partial charge in [-0.2, -0.15) is 4.31 Å². The Bertz CT molecular complexity index is 724. The molecule has 8 nitrogen and oxygen atoms in total. The number of hydrogen-bond donors (Lipinski definition) is 1. The average molecular weight is 355 g/mol. The van der Waals surface area contributed by atoms with E-state index in [1.807, 2.05) is 0 Å². The number of benzene rings is 1. The van der Waals surface area contributed by atoms with E-state index in [0.29, 0.717) is 24.5 Å². The highest BCUT2D eigenvalue weighted by molar-refractivity contribution is 7.89. The lowest BCUT2D eigenvalue weighted by molar-refractivity contribution is 0.0517. The van der Waals surface area contributed by atoms with Gasteiger partial charge in [0, 0.05) is 25.3 Å². The highest BCUT2D eigenvalue weighted by atomic mass is 32.2. The van der Waals surface area contributed by atoms with Crippen LogP contribution in [-0.2, 0) is 14.8 Å². The number of ether oxygens (including phenoxy) is 2. The van der Waals surface area contributed by atoms with Crippen LogP contribution in [-0.4, -0.2) is 75.4 Å². The molecule has 2 aliphatic heterocycles. The van der Waals surface area contributed by atoms with Crippen molar-refractivity contribution < 1.29 is 22.7 Å². The third-order valence-corrected chi connectivity index (χ3v) is 6.26. The smallest absolute Gasteiger partial charge is 0.321 e. The van der Waals surface area contributed by atoms with Crippen LogP contribution in [0.5, 0.6) is 5.75 Å². The minimum Gasteiger partial charge on any atom is -0.497 e. The first kappa shape index (κ1) is 17.0. The largest absolute Gasteiger partial charge is 0.497 e. The average Bonchev–Trinajstić information content (AvgIpc) is 2.94. The quantitative estimate of drug-likeness (QED) is 0.838. The van der Waals surface area contributed by atoms with Crippen molar-refractivity contribution in [2.75, 3.05) is 44.9 Å². The van der Waals surface area contributed by atoms with E-state index in [2.05, 4.69) is 5.32 Å². The van der Waals surface area contributed by atoms with E-state index in [1.165, 1.54) is 4.31 Å². The molecule has 2 atom stereocenters. The Kier molecular flexibility index (Phi) is 4.66. The van der Waals surface area contributed by atoms with Gasteiger partial charge in [-0.1, -0.05) is 6.07 Å². The third-order valence-electron chi connectivity index (χ3n) is 4.42. The highest BCUT2D eigenvalue weighted by Crippen LogP contribution is 2.25. The Hall–Kier alpha value is -1.84. The Morgan fingerprint density at radius 1 is 1.38 bits per heavy atom. The number of carbonyl (C=O) groups is 1. The molecular formula is C15H21N3O5S. The first-order valence-electron chi connectivity index (χ1n) is 7.68. The van der Waals surface area contributed by atoms with Crippen molar-refractivity contribution in [1.29, 1.82) is 0 Å². The summed E-state index contributed by atoms with van der Waals surface area (Å²) in [6.45, 7) is 0.815. The first-order chi connectivity index (χ1) is 11.4. The minimum atomic E-state index is -3.34. The van der Waals surface area contributed by atoms with Crippen LogP contribution in [0.15, 0.2) is 24.3 Å². The lowest BCUT2D eigenvalue weighted by Crippen LogP contribution is -2.43. The standard InChI is InChI=1S/C15H21N3O5S/c1-17-13-9-18(10-14(13)23-6-7-24(17,20)21)15(19)16-11-4-3-5-12(8-11)22-2/h3-5,8,13-14H,6-7,9-10H2,1-2H3,(H,16,19)/t13-,14+/m1/s1. The molecule has 2 aliphatic rings. The fourth-order valence-corrected chi connectivity index (χ4v) is 4.20. The third kappa shape index (κ3) is 3.33. The minimum absolute atomic E-state index is 0.0213. The van der Waals surface area contributed by atoms with Crippen LogP contribution in [0.25, 0.3) is 0 Å². The van der Waals surface area contributed by atoms with Gasteiger partial charge in [0.15, 0.2) is 0 Å². The second kappa shape index (κ2) is 6.58. The maximum Gasteiger partial charge on any atom is 0.321 e. The van der Waals surface area contributed by atoms with Crippen LogP contribution in [0.4, 0.5) is 10.5 Å². The van der Waals surface area contributed by atoms with Gasteiger partial charge in [0.25, 0.3) is 0 Å². The molecule has 2 fully saturated rings. The SMILES string of the molecule is COc1cccc(NC(=O)N2C[C@@H]3OCCS(=O)(=O)N(C)[C@@H]3C2)c1. The number of fused-ring (bicyclic) bond motifs is 1. The van der Waals surface area contributed by atoms with Crippen molar-refractivity contribution in [2.24, 2.45) is 0 Å². The van der Waals surface area contributed by atoms with Gasteiger partial charge < -0.3 is 19.7 Å². The number of carbonyl (C=O) groups excluding carboxylic acids is 1. The Balaban J connectivity index is 1.69. The van der Waals surface area contributed by atoms with Gasteiger partial charge in [-0.3, -0.25) is 0 Å². The van der Waals surface area contributed by atoms with E-state index >= 15 is 0 Å². The number of likely N-dealkylation sites (N-methyl/N-ethyl adjacent to an activating group) is 1. The first-order valence-corrected chi connectivity index (χ1v) is 9.29. The predicted molar refractivity (Wildman–Crippen MR) is 88.7 cm³/mol. The number of methoxy groups -OCH3 is 1. The van der Waals surface area contributed by atoms with Gasteiger partial charge in [-0.15, -0.1) is 0 Å². The monoisotopic (exact) mass is 355 g/mol. The topological polar surface area (TPSA) is 88.2 Å². The lowest BCUT2D eigenvalue weighted by Gasteiger charge is -2.23. The molecule has 0 aromatic heterocycles. The summed E-state index contributed by atoms with van der Waals surface area (Å²) in [5, 5.41) is 2.80. The fraction of sp³-hybridized carbons (Fsp3) is 0.533. The van der Waals surface area contributed by atoms with Gasteiger partial charge in [-0.05, 0) is 12.1 Å². The van der Waals surface area contributed by atoms with Crippen molar-refractivity contribution in [3.05, 3.63) is 24.3 Å². The summed E-state index contributed by atoms with van der Waals surface area (Å²) in [6, 6.07) is 6.42. The van der Waals surface area contributed by atoms with Crippen LogP contribution in [0.2, 0.25) is 0 Å². The summed E-state index contributed by atoms with van der Waals surface area (Å²) in [5.41, 5.74) is 0.619. The molecule has 2 saturated heterocycles. The summed E-state index contributed by atoms with van der Waals surface area (Å²) in [4.78, 5) is 14.0. The molecule has 0 unspecified atom stereocenters. The zero-order valence-electron chi connectivity index (χ0n) is 13.6. The normalized spacial score (nSPS) is 26.5. The predicted octanol–water partition coefficient (Wildman–Crippen LogP) is 0.572. The molecule has 9 heteroatoms. The zero-order chi connectivity index (χ0) is 17.3. The van der Waals surface area contributed by atoms with Crippen LogP contribution < -0.4 is 10.1 Å². The van der Waals surface area contributed by atoms with Crippen LogP contribution in [0.3, 0.4) is 0 Å². The molecule has 1 N–H and O–H groups in total. The van der Waals surface area contributed by atoms with E-state index in [4.69, 9.17) is 9.47 Å². The molecule has 2 heterocycles. The van der Waals surface area contributed by atoms with Gasteiger partial charge >= 0.3 is 6.03 Å². The summed E-state index contributed by atoms with van der Waals surface area (Å²) in [6.07, 6.45) is -0.302. The number of hydrogen-bond acceptors (Lipinski definition) is 5. The Labute approximate surface area is 141 Å². The summed E-state index contributed by atoms with van der Waals surface area (Å²) in [5.74, 6) is 0.625. The number of likely N-dealkylation sites (tertiary alicyclic amines) is 1. The summed E-state index contributed by atoms with van der Waals surface area (Å²) in [7, 11) is -0.231. The second-order valence-corrected chi connectivity index (χ2v) is 8.02. The van der Waals surface area contributed by atoms with Gasteiger partial charge in [0.05, 0.1) is 38.2 Å². The lowest BCUT2D eigenvalue weighted by atomic mass is 10.2. The van der Waals surface area contributed by atoms with Crippen LogP contribution in [0.1, 0.15) is 0 Å². The number of rotatable bonds is 2. The maximum absolute atomic E-state index is 12.5. The number of sulfonamides is 1. The van der Waals surface area contributed by atoms with Gasteiger partial charge in [0.2, 0.25) is 10.0 Å². The molecule has 0 bridgehead atoms. The maximum atomic E-state index is 12.5. The number of nitrogens with one attached hydrogen (secondary N) is 1. The van der Waals surface area contributed by atoms with E-state index < -0.39 is 10.0 Å². The number of nitrogens with zero attached hydrogens (tertiary/aromatic N) is 2. The summed E-state index contributed by atoms with van der Waals surface area (Å²) < 4.78 is 36.3. The van der Waals surface area contributed by atoms with E-state index in [9.17, 15) is 13.2 Å². The van der Waals surface area contributed by atoms with Crippen LogP contribution >= 0.6 is 0 Å². The van der Waals surface area contributed by atoms with E-state index in [1.54, 1.807) is 43.3 Å². The van der Waals surface area contributed by atoms with Gasteiger partial charge in [-0.25, -0.2) is 13.2 Å². The summed E-state index contributed by atoms with van der Waals surface area (Å²) >= 11 is 0. The van der Waals surface area contributed by atoms with E-state index in [0.717, 1.165) is 0 Å².